The molecule has 0 aliphatic carbocycles. The molecule has 0 saturated carbocycles. The summed E-state index contributed by atoms with van der Waals surface area (Å²) in [6.07, 6.45) is 1.81. The minimum atomic E-state index is -3.59. The zero-order valence-corrected chi connectivity index (χ0v) is 14.3. The maximum Gasteiger partial charge on any atom is 0.189 e. The predicted octanol–water partition coefficient (Wildman–Crippen LogP) is 4.73. The number of hydrogen-bond donors (Lipinski definition) is 1. The smallest absolute Gasteiger partial charge is 0.189 e. The highest BCUT2D eigenvalue weighted by atomic mass is 32.2. The standard InChI is InChI=1S/C21H17NO2S/c23-25(24,17-11-5-2-6-12-17)21(16-9-3-1-4-10-16)19-15-22-20-14-8-7-13-18(19)20/h1-15,21-22H. The number of hydrogen-bond acceptors (Lipinski definition) is 2. The molecule has 1 aromatic heterocycles. The predicted molar refractivity (Wildman–Crippen MR) is 100 cm³/mol. The van der Waals surface area contributed by atoms with Crippen molar-refractivity contribution in [3.8, 4) is 0 Å². The van der Waals surface area contributed by atoms with Crippen LogP contribution in [0.5, 0.6) is 0 Å². The number of sulfone groups is 1. The van der Waals surface area contributed by atoms with Crippen LogP contribution in [0, 0.1) is 0 Å². The lowest BCUT2D eigenvalue weighted by Gasteiger charge is -2.18. The van der Waals surface area contributed by atoms with E-state index < -0.39 is 15.1 Å². The molecule has 25 heavy (non-hydrogen) atoms. The van der Waals surface area contributed by atoms with Crippen LogP contribution < -0.4 is 0 Å². The summed E-state index contributed by atoms with van der Waals surface area (Å²) in [6.45, 7) is 0. The normalized spacial score (nSPS) is 13.0. The molecule has 0 saturated heterocycles. The molecule has 0 radical (unpaired) electrons. The summed E-state index contributed by atoms with van der Waals surface area (Å²) in [7, 11) is -3.59. The second-order valence-corrected chi connectivity index (χ2v) is 7.97. The summed E-state index contributed by atoms with van der Waals surface area (Å²) in [4.78, 5) is 3.53. The Kier molecular flexibility index (Phi) is 3.90. The van der Waals surface area contributed by atoms with Crippen LogP contribution in [0.3, 0.4) is 0 Å². The lowest BCUT2D eigenvalue weighted by molar-refractivity contribution is 0.589. The molecule has 0 amide bonds. The molecule has 1 N–H and O–H groups in total. The Morgan fingerprint density at radius 2 is 1.32 bits per heavy atom. The average molecular weight is 347 g/mol. The van der Waals surface area contributed by atoms with E-state index in [-0.39, 0.29) is 0 Å². The van der Waals surface area contributed by atoms with Crippen molar-refractivity contribution in [2.75, 3.05) is 0 Å². The first-order valence-corrected chi connectivity index (χ1v) is 9.62. The van der Waals surface area contributed by atoms with Crippen LogP contribution in [0.4, 0.5) is 0 Å². The molecule has 3 aromatic carbocycles. The number of aromatic amines is 1. The highest BCUT2D eigenvalue weighted by Crippen LogP contribution is 2.38. The number of benzene rings is 3. The SMILES string of the molecule is O=S(=O)(c1ccccc1)C(c1ccccc1)c1c[nH]c2ccccc12. The van der Waals surface area contributed by atoms with Gasteiger partial charge in [0.2, 0.25) is 0 Å². The van der Waals surface area contributed by atoms with Crippen LogP contribution in [-0.4, -0.2) is 13.4 Å². The first kappa shape index (κ1) is 15.7. The number of H-pyrrole nitrogens is 1. The number of rotatable bonds is 4. The van der Waals surface area contributed by atoms with E-state index in [1.807, 2.05) is 66.9 Å². The molecule has 3 nitrogen and oxygen atoms in total. The fourth-order valence-corrected chi connectivity index (χ4v) is 5.06. The highest BCUT2D eigenvalue weighted by molar-refractivity contribution is 7.92. The van der Waals surface area contributed by atoms with Crippen molar-refractivity contribution in [3.05, 3.63) is 102 Å². The first-order chi connectivity index (χ1) is 12.2. The zero-order valence-electron chi connectivity index (χ0n) is 13.5. The third-order valence-electron chi connectivity index (χ3n) is 4.39. The third kappa shape index (κ3) is 2.75. The lowest BCUT2D eigenvalue weighted by Crippen LogP contribution is -2.15. The van der Waals surface area contributed by atoms with Crippen molar-refractivity contribution in [1.82, 2.24) is 4.98 Å². The lowest BCUT2D eigenvalue weighted by atomic mass is 10.0. The molecule has 1 heterocycles. The molecule has 1 unspecified atom stereocenters. The van der Waals surface area contributed by atoms with Crippen molar-refractivity contribution >= 4 is 20.7 Å². The number of para-hydroxylation sites is 1. The molecular formula is C21H17NO2S. The van der Waals surface area contributed by atoms with Gasteiger partial charge < -0.3 is 4.98 Å². The summed E-state index contributed by atoms with van der Waals surface area (Å²) in [5.41, 5.74) is 2.46. The van der Waals surface area contributed by atoms with E-state index in [1.165, 1.54) is 0 Å². The van der Waals surface area contributed by atoms with Gasteiger partial charge in [0.05, 0.1) is 4.90 Å². The van der Waals surface area contributed by atoms with E-state index in [0.29, 0.717) is 4.90 Å². The third-order valence-corrected chi connectivity index (χ3v) is 6.46. The Morgan fingerprint density at radius 1 is 0.720 bits per heavy atom. The molecule has 1 atom stereocenters. The van der Waals surface area contributed by atoms with Crippen molar-refractivity contribution in [2.45, 2.75) is 10.1 Å². The Morgan fingerprint density at radius 3 is 2.04 bits per heavy atom. The summed E-state index contributed by atoms with van der Waals surface area (Å²) in [5, 5.41) is 0.170. The van der Waals surface area contributed by atoms with Crippen LogP contribution in [0.1, 0.15) is 16.4 Å². The van der Waals surface area contributed by atoms with Gasteiger partial charge in [-0.1, -0.05) is 66.7 Å². The molecule has 4 heteroatoms. The van der Waals surface area contributed by atoms with E-state index in [0.717, 1.165) is 22.0 Å². The summed E-state index contributed by atoms with van der Waals surface area (Å²) in [6, 6.07) is 25.8. The van der Waals surface area contributed by atoms with Gasteiger partial charge in [-0.3, -0.25) is 0 Å². The molecule has 0 spiro atoms. The van der Waals surface area contributed by atoms with Gasteiger partial charge >= 0.3 is 0 Å². The Hall–Kier alpha value is -2.85. The average Bonchev–Trinajstić information content (AvgIpc) is 3.07. The summed E-state index contributed by atoms with van der Waals surface area (Å²) < 4.78 is 26.9. The number of fused-ring (bicyclic) bond motifs is 1. The molecule has 0 aliphatic rings. The second-order valence-electron chi connectivity index (χ2n) is 5.94. The van der Waals surface area contributed by atoms with Crippen molar-refractivity contribution < 1.29 is 8.42 Å². The molecule has 0 fully saturated rings. The van der Waals surface area contributed by atoms with Crippen LogP contribution in [-0.2, 0) is 9.84 Å². The molecule has 0 bridgehead atoms. The van der Waals surface area contributed by atoms with E-state index in [1.54, 1.807) is 24.3 Å². The number of nitrogens with one attached hydrogen (secondary N) is 1. The van der Waals surface area contributed by atoms with Crippen molar-refractivity contribution in [3.63, 3.8) is 0 Å². The quantitative estimate of drug-likeness (QED) is 0.580. The van der Waals surface area contributed by atoms with Gasteiger partial charge in [-0.05, 0) is 23.8 Å². The Labute approximate surface area is 146 Å². The number of aromatic nitrogens is 1. The molecule has 124 valence electrons. The maximum absolute atomic E-state index is 13.5. The molecule has 4 rings (SSSR count). The monoisotopic (exact) mass is 347 g/mol. The minimum absolute atomic E-state index is 0.328. The first-order valence-electron chi connectivity index (χ1n) is 8.08. The van der Waals surface area contributed by atoms with Gasteiger partial charge in [-0.2, -0.15) is 0 Å². The minimum Gasteiger partial charge on any atom is -0.361 e. The molecular weight excluding hydrogens is 330 g/mol. The van der Waals surface area contributed by atoms with Crippen LogP contribution >= 0.6 is 0 Å². The van der Waals surface area contributed by atoms with Crippen LogP contribution in [0.2, 0.25) is 0 Å². The van der Waals surface area contributed by atoms with E-state index in [4.69, 9.17) is 0 Å². The van der Waals surface area contributed by atoms with E-state index in [2.05, 4.69) is 4.98 Å². The van der Waals surface area contributed by atoms with E-state index >= 15 is 0 Å². The van der Waals surface area contributed by atoms with Crippen LogP contribution in [0.15, 0.2) is 96.0 Å². The molecule has 0 aliphatic heterocycles. The van der Waals surface area contributed by atoms with Crippen molar-refractivity contribution in [1.29, 1.82) is 0 Å². The zero-order chi connectivity index (χ0) is 17.3. The maximum atomic E-state index is 13.5. The van der Waals surface area contributed by atoms with E-state index in [9.17, 15) is 8.42 Å². The fraction of sp³-hybridized carbons (Fsp3) is 0.0476. The molecule has 4 aromatic rings. The van der Waals surface area contributed by atoms with Gasteiger partial charge in [0, 0.05) is 22.7 Å². The summed E-state index contributed by atoms with van der Waals surface area (Å²) in [5.74, 6) is 0. The largest absolute Gasteiger partial charge is 0.361 e. The Bertz CT molecular complexity index is 1100. The van der Waals surface area contributed by atoms with Gasteiger partial charge in [-0.15, -0.1) is 0 Å². The topological polar surface area (TPSA) is 49.9 Å². The van der Waals surface area contributed by atoms with Crippen molar-refractivity contribution in [2.24, 2.45) is 0 Å². The second kappa shape index (κ2) is 6.22. The van der Waals surface area contributed by atoms with Gasteiger partial charge in [-0.25, -0.2) is 8.42 Å². The van der Waals surface area contributed by atoms with Gasteiger partial charge in [0.15, 0.2) is 9.84 Å². The summed E-state index contributed by atoms with van der Waals surface area (Å²) >= 11 is 0. The highest BCUT2D eigenvalue weighted by Gasteiger charge is 2.32. The Balaban J connectivity index is 1.98. The van der Waals surface area contributed by atoms with Gasteiger partial charge in [0.25, 0.3) is 0 Å². The fourth-order valence-electron chi connectivity index (χ4n) is 3.21. The van der Waals surface area contributed by atoms with Crippen LogP contribution in [0.25, 0.3) is 10.9 Å². The van der Waals surface area contributed by atoms with Gasteiger partial charge in [0.1, 0.15) is 5.25 Å².